The number of likely N-dealkylation sites (N-methyl/N-ethyl adjacent to an activating group) is 1. The molecule has 0 radical (unpaired) electrons. The maximum absolute atomic E-state index is 14.0. The number of nitrogens with zero attached hydrogens (tertiary/aromatic N) is 2. The van der Waals surface area contributed by atoms with Gasteiger partial charge in [-0.15, -0.1) is 0 Å². The van der Waals surface area contributed by atoms with Crippen LogP contribution in [0.4, 0.5) is 0 Å². The monoisotopic (exact) mass is 650 g/mol. The minimum Gasteiger partial charge on any atom is -0.494 e. The van der Waals surface area contributed by atoms with Gasteiger partial charge >= 0.3 is 11.3 Å². The van der Waals surface area contributed by atoms with E-state index >= 15 is 0 Å². The molecule has 0 fully saturated rings. The van der Waals surface area contributed by atoms with Crippen molar-refractivity contribution in [2.75, 3.05) is 41.0 Å². The molecule has 2 heterocycles. The molecule has 0 bridgehead atoms. The van der Waals surface area contributed by atoms with Crippen LogP contribution in [0.1, 0.15) is 37.3 Å². The van der Waals surface area contributed by atoms with E-state index in [4.69, 9.17) is 23.0 Å². The molecule has 0 amide bonds. The highest BCUT2D eigenvalue weighted by Gasteiger charge is 2.31. The Hall–Kier alpha value is -4.55. The number of ether oxygens (including phenoxy) is 3. The molecule has 3 aromatic carbocycles. The van der Waals surface area contributed by atoms with Gasteiger partial charge in [0.1, 0.15) is 10.8 Å². The van der Waals surface area contributed by atoms with E-state index in [9.17, 15) is 18.0 Å². The van der Waals surface area contributed by atoms with Crippen LogP contribution in [0.2, 0.25) is 0 Å². The smallest absolute Gasteiger partial charge is 0.423 e. The Labute approximate surface area is 266 Å². The minimum atomic E-state index is -4.01. The van der Waals surface area contributed by atoms with Gasteiger partial charge in [0.15, 0.2) is 22.7 Å². The summed E-state index contributed by atoms with van der Waals surface area (Å²) in [7, 11) is 2.94. The fourth-order valence-electron chi connectivity index (χ4n) is 5.63. The Morgan fingerprint density at radius 2 is 1.59 bits per heavy atom. The lowest BCUT2D eigenvalue weighted by Crippen LogP contribution is -2.23. The number of hydrogen-bond donors (Lipinski definition) is 0. The second-order valence-corrected chi connectivity index (χ2v) is 13.3. The highest BCUT2D eigenvalue weighted by atomic mass is 32.2. The summed E-state index contributed by atoms with van der Waals surface area (Å²) < 4.78 is 56.7. The molecule has 0 N–H and O–H groups in total. The standard InChI is InChI=1S/C34H38N2O9S/c1-21(2)29-30-25(13-15-27-31(30)45-34(38)33(37)44-27)36(4)32(29)46(39,40)24-11-9-23(10-12-24)43-19-7-17-35(3)18-16-22-8-14-26(41-5)28(20-22)42-6/h8-15,20-21H,7,16-19H2,1-6H3. The van der Waals surface area contributed by atoms with Crippen LogP contribution < -0.4 is 25.5 Å². The number of aromatic nitrogens is 1. The third-order valence-electron chi connectivity index (χ3n) is 7.98. The van der Waals surface area contributed by atoms with Crippen molar-refractivity contribution in [3.63, 3.8) is 0 Å². The number of methoxy groups -OCH3 is 2. The van der Waals surface area contributed by atoms with Crippen LogP contribution in [0.5, 0.6) is 17.2 Å². The van der Waals surface area contributed by atoms with Crippen molar-refractivity contribution in [3.8, 4) is 17.2 Å². The number of benzene rings is 3. The normalized spacial score (nSPS) is 12.0. The summed E-state index contributed by atoms with van der Waals surface area (Å²) in [6, 6.07) is 15.4. The SMILES string of the molecule is COc1ccc(CCN(C)CCCOc2ccc(S(=O)(=O)c3c(C(C)C)c4c5oc(=O)c(=O)oc5ccc4n3C)cc2)cc1OC. The Kier molecular flexibility index (Phi) is 9.59. The van der Waals surface area contributed by atoms with Crippen LogP contribution in [0.3, 0.4) is 0 Å². The molecular weight excluding hydrogens is 612 g/mol. The fraction of sp³-hybridized carbons (Fsp3) is 0.353. The summed E-state index contributed by atoms with van der Waals surface area (Å²) >= 11 is 0. The van der Waals surface area contributed by atoms with Crippen molar-refractivity contribution in [1.29, 1.82) is 0 Å². The summed E-state index contributed by atoms with van der Waals surface area (Å²) in [4.78, 5) is 26.1. The predicted molar refractivity (Wildman–Crippen MR) is 174 cm³/mol. The zero-order valence-electron chi connectivity index (χ0n) is 26.8. The van der Waals surface area contributed by atoms with E-state index in [-0.39, 0.29) is 27.0 Å². The van der Waals surface area contributed by atoms with Gasteiger partial charge in [-0.05, 0) is 79.9 Å². The molecule has 0 aliphatic carbocycles. The van der Waals surface area contributed by atoms with Gasteiger partial charge in [0, 0.05) is 25.7 Å². The molecule has 0 saturated carbocycles. The molecule has 11 nitrogen and oxygen atoms in total. The molecule has 5 aromatic rings. The average Bonchev–Trinajstić information content (AvgIpc) is 3.36. The summed E-state index contributed by atoms with van der Waals surface area (Å²) in [6.07, 6.45) is 1.66. The zero-order valence-corrected chi connectivity index (χ0v) is 27.6. The van der Waals surface area contributed by atoms with Crippen molar-refractivity contribution in [2.45, 2.75) is 42.5 Å². The Bertz CT molecular complexity index is 2090. The van der Waals surface area contributed by atoms with Gasteiger partial charge in [-0.3, -0.25) is 0 Å². The second-order valence-electron chi connectivity index (χ2n) is 11.4. The maximum Gasteiger partial charge on any atom is 0.423 e. The molecular formula is C34H38N2O9S. The maximum atomic E-state index is 14.0. The van der Waals surface area contributed by atoms with Gasteiger partial charge < -0.3 is 32.5 Å². The fourth-order valence-corrected chi connectivity index (χ4v) is 7.43. The third-order valence-corrected chi connectivity index (χ3v) is 9.87. The van der Waals surface area contributed by atoms with Crippen LogP contribution >= 0.6 is 0 Å². The molecule has 2 aromatic heterocycles. The largest absolute Gasteiger partial charge is 0.494 e. The van der Waals surface area contributed by atoms with Gasteiger partial charge in [-0.2, -0.15) is 0 Å². The molecule has 5 rings (SSSR count). The first-order chi connectivity index (χ1) is 22.0. The quantitative estimate of drug-likeness (QED) is 0.125. The van der Waals surface area contributed by atoms with E-state index in [2.05, 4.69) is 11.9 Å². The second kappa shape index (κ2) is 13.4. The van der Waals surface area contributed by atoms with Gasteiger partial charge in [-0.1, -0.05) is 19.9 Å². The number of hydrogen-bond acceptors (Lipinski definition) is 10. The molecule has 0 aliphatic heterocycles. The molecule has 244 valence electrons. The first-order valence-corrected chi connectivity index (χ1v) is 16.4. The molecule has 0 spiro atoms. The third kappa shape index (κ3) is 6.40. The van der Waals surface area contributed by atoms with E-state index in [0.717, 1.165) is 31.5 Å². The molecule has 0 unspecified atom stereocenters. The van der Waals surface area contributed by atoms with E-state index < -0.39 is 21.1 Å². The molecule has 0 saturated heterocycles. The summed E-state index contributed by atoms with van der Waals surface area (Å²) in [5, 5.41) is 0.492. The van der Waals surface area contributed by atoms with Gasteiger partial charge in [0.2, 0.25) is 9.84 Å². The van der Waals surface area contributed by atoms with Crippen LogP contribution in [-0.2, 0) is 23.3 Å². The van der Waals surface area contributed by atoms with Crippen LogP contribution in [-0.4, -0.2) is 58.8 Å². The number of fused-ring (bicyclic) bond motifs is 3. The van der Waals surface area contributed by atoms with Crippen molar-refractivity contribution in [2.24, 2.45) is 7.05 Å². The summed E-state index contributed by atoms with van der Waals surface area (Å²) in [5.41, 5.74) is -0.0107. The lowest BCUT2D eigenvalue weighted by Gasteiger charge is -2.17. The first-order valence-electron chi connectivity index (χ1n) is 14.9. The topological polar surface area (TPSA) is 130 Å². The van der Waals surface area contributed by atoms with E-state index in [1.807, 2.05) is 32.0 Å². The van der Waals surface area contributed by atoms with Crippen LogP contribution in [0, 0.1) is 0 Å². The van der Waals surface area contributed by atoms with E-state index in [1.54, 1.807) is 44.0 Å². The van der Waals surface area contributed by atoms with Crippen LogP contribution in [0.15, 0.2) is 82.9 Å². The molecule has 0 aliphatic rings. The summed E-state index contributed by atoms with van der Waals surface area (Å²) in [5.74, 6) is 1.72. The highest BCUT2D eigenvalue weighted by Crippen LogP contribution is 2.40. The van der Waals surface area contributed by atoms with Gasteiger partial charge in [0.05, 0.1) is 36.6 Å². The predicted octanol–water partition coefficient (Wildman–Crippen LogP) is 5.15. The van der Waals surface area contributed by atoms with Gasteiger partial charge in [-0.25, -0.2) is 18.0 Å². The Balaban J connectivity index is 1.26. The van der Waals surface area contributed by atoms with Gasteiger partial charge in [0.25, 0.3) is 0 Å². The average molecular weight is 651 g/mol. The lowest BCUT2D eigenvalue weighted by atomic mass is 10.0. The number of aryl methyl sites for hydroxylation is 1. The van der Waals surface area contributed by atoms with Crippen molar-refractivity contribution >= 4 is 31.9 Å². The number of rotatable bonds is 13. The summed E-state index contributed by atoms with van der Waals surface area (Å²) in [6.45, 7) is 5.88. The lowest BCUT2D eigenvalue weighted by molar-refractivity contribution is 0.264. The van der Waals surface area contributed by atoms with Crippen molar-refractivity contribution < 1.29 is 31.5 Å². The van der Waals surface area contributed by atoms with E-state index in [0.29, 0.717) is 40.3 Å². The molecule has 46 heavy (non-hydrogen) atoms. The minimum absolute atomic E-state index is 0.0400. The Morgan fingerprint density at radius 1 is 0.891 bits per heavy atom. The zero-order chi connectivity index (χ0) is 33.2. The van der Waals surface area contributed by atoms with E-state index in [1.165, 1.54) is 18.2 Å². The van der Waals surface area contributed by atoms with Crippen LogP contribution in [0.25, 0.3) is 22.1 Å². The first kappa shape index (κ1) is 32.8. The van der Waals surface area contributed by atoms with Crippen molar-refractivity contribution in [3.05, 3.63) is 86.6 Å². The highest BCUT2D eigenvalue weighted by molar-refractivity contribution is 7.91. The van der Waals surface area contributed by atoms with Crippen molar-refractivity contribution in [1.82, 2.24) is 9.47 Å². The molecule has 12 heteroatoms. The molecule has 0 atom stereocenters. The Morgan fingerprint density at radius 3 is 2.26 bits per heavy atom. The number of sulfone groups is 1.